The first-order chi connectivity index (χ1) is 9.33. The number of rotatable bonds is 5. The Morgan fingerprint density at radius 3 is 2.50 bits per heavy atom. The average Bonchev–Trinajstić information content (AvgIpc) is 2.76. The summed E-state index contributed by atoms with van der Waals surface area (Å²) in [6.45, 7) is 7.03. The smallest absolute Gasteiger partial charge is 0.245 e. The van der Waals surface area contributed by atoms with Gasteiger partial charge in [-0.3, -0.25) is 0 Å². The molecule has 0 unspecified atom stereocenters. The highest BCUT2D eigenvalue weighted by molar-refractivity contribution is 5.52. The SMILES string of the molecule is CCOc1nn2c(CCC(C)(F)F)nnc2c(C)c1C. The molecule has 110 valence electrons. The predicted molar refractivity (Wildman–Crippen MR) is 70.4 cm³/mol. The van der Waals surface area contributed by atoms with E-state index in [1.165, 1.54) is 4.52 Å². The van der Waals surface area contributed by atoms with E-state index >= 15 is 0 Å². The van der Waals surface area contributed by atoms with Crippen LogP contribution in [0, 0.1) is 13.8 Å². The summed E-state index contributed by atoms with van der Waals surface area (Å²) in [5, 5.41) is 12.3. The summed E-state index contributed by atoms with van der Waals surface area (Å²) < 4.78 is 32.9. The largest absolute Gasteiger partial charge is 0.477 e. The van der Waals surface area contributed by atoms with Gasteiger partial charge in [-0.2, -0.15) is 4.52 Å². The zero-order chi connectivity index (χ0) is 14.9. The van der Waals surface area contributed by atoms with Crippen LogP contribution in [0.1, 0.15) is 37.2 Å². The summed E-state index contributed by atoms with van der Waals surface area (Å²) in [6, 6.07) is 0. The molecular formula is C13H18F2N4O. The fraction of sp³-hybridized carbons (Fsp3) is 0.615. The number of alkyl halides is 2. The second-order valence-electron chi connectivity index (χ2n) is 4.91. The van der Waals surface area contributed by atoms with Gasteiger partial charge in [0.2, 0.25) is 11.8 Å². The Labute approximate surface area is 116 Å². The lowest BCUT2D eigenvalue weighted by molar-refractivity contribution is 0.0127. The van der Waals surface area contributed by atoms with E-state index in [1.807, 2.05) is 20.8 Å². The molecule has 0 aromatic carbocycles. The molecular weight excluding hydrogens is 266 g/mol. The van der Waals surface area contributed by atoms with Crippen molar-refractivity contribution in [1.82, 2.24) is 19.8 Å². The molecule has 0 aliphatic rings. The summed E-state index contributed by atoms with van der Waals surface area (Å²) >= 11 is 0. The van der Waals surface area contributed by atoms with E-state index in [9.17, 15) is 8.78 Å². The minimum Gasteiger partial charge on any atom is -0.477 e. The van der Waals surface area contributed by atoms with E-state index in [2.05, 4.69) is 15.3 Å². The second kappa shape index (κ2) is 5.30. The van der Waals surface area contributed by atoms with Crippen molar-refractivity contribution >= 4 is 5.65 Å². The molecule has 0 saturated heterocycles. The van der Waals surface area contributed by atoms with Crippen LogP contribution in [0.4, 0.5) is 8.78 Å². The first-order valence-corrected chi connectivity index (χ1v) is 6.55. The van der Waals surface area contributed by atoms with Crippen LogP contribution in [0.15, 0.2) is 0 Å². The Bertz CT molecular complexity index is 619. The molecule has 0 bridgehead atoms. The third kappa shape index (κ3) is 2.86. The van der Waals surface area contributed by atoms with Gasteiger partial charge < -0.3 is 4.74 Å². The maximum Gasteiger partial charge on any atom is 0.245 e. The van der Waals surface area contributed by atoms with Gasteiger partial charge in [0, 0.05) is 24.0 Å². The molecule has 2 aromatic heterocycles. The van der Waals surface area contributed by atoms with Crippen molar-refractivity contribution in [2.45, 2.75) is 46.5 Å². The third-order valence-electron chi connectivity index (χ3n) is 3.18. The normalized spacial score (nSPS) is 12.1. The Morgan fingerprint density at radius 2 is 1.90 bits per heavy atom. The molecule has 0 fully saturated rings. The summed E-state index contributed by atoms with van der Waals surface area (Å²) in [6.07, 6.45) is -0.169. The summed E-state index contributed by atoms with van der Waals surface area (Å²) in [7, 11) is 0. The highest BCUT2D eigenvalue weighted by atomic mass is 19.3. The molecule has 2 heterocycles. The lowest BCUT2D eigenvalue weighted by atomic mass is 10.2. The lowest BCUT2D eigenvalue weighted by Crippen LogP contribution is -2.13. The Hall–Kier alpha value is -1.79. The van der Waals surface area contributed by atoms with E-state index in [0.29, 0.717) is 24.0 Å². The van der Waals surface area contributed by atoms with Crippen molar-refractivity contribution < 1.29 is 13.5 Å². The van der Waals surface area contributed by atoms with Crippen molar-refractivity contribution in [1.29, 1.82) is 0 Å². The van der Waals surface area contributed by atoms with E-state index in [1.54, 1.807) is 0 Å². The summed E-state index contributed by atoms with van der Waals surface area (Å²) in [4.78, 5) is 0. The van der Waals surface area contributed by atoms with Crippen molar-refractivity contribution in [3.05, 3.63) is 17.0 Å². The monoisotopic (exact) mass is 284 g/mol. The fourth-order valence-corrected chi connectivity index (χ4v) is 1.91. The number of fused-ring (bicyclic) bond motifs is 1. The fourth-order valence-electron chi connectivity index (χ4n) is 1.91. The molecule has 0 N–H and O–H groups in total. The highest BCUT2D eigenvalue weighted by Crippen LogP contribution is 2.23. The van der Waals surface area contributed by atoms with E-state index in [4.69, 9.17) is 4.74 Å². The van der Waals surface area contributed by atoms with E-state index < -0.39 is 5.92 Å². The quantitative estimate of drug-likeness (QED) is 0.847. The number of hydrogen-bond acceptors (Lipinski definition) is 4. The first kappa shape index (κ1) is 14.6. The topological polar surface area (TPSA) is 52.3 Å². The molecule has 5 nitrogen and oxygen atoms in total. The van der Waals surface area contributed by atoms with Gasteiger partial charge in [-0.05, 0) is 27.7 Å². The summed E-state index contributed by atoms with van der Waals surface area (Å²) in [5.74, 6) is -1.82. The van der Waals surface area contributed by atoms with Crippen molar-refractivity contribution in [2.75, 3.05) is 6.61 Å². The number of nitrogens with zero attached hydrogens (tertiary/aromatic N) is 4. The van der Waals surface area contributed by atoms with Crippen molar-refractivity contribution in [3.63, 3.8) is 0 Å². The number of ether oxygens (including phenoxy) is 1. The highest BCUT2D eigenvalue weighted by Gasteiger charge is 2.23. The third-order valence-corrected chi connectivity index (χ3v) is 3.18. The minimum atomic E-state index is -2.73. The molecule has 0 saturated carbocycles. The van der Waals surface area contributed by atoms with Crippen molar-refractivity contribution in [2.24, 2.45) is 0 Å². The Kier molecular flexibility index (Phi) is 3.87. The van der Waals surface area contributed by atoms with Crippen LogP contribution in [0.5, 0.6) is 5.88 Å². The molecule has 0 spiro atoms. The van der Waals surface area contributed by atoms with Gasteiger partial charge in [-0.1, -0.05) is 0 Å². The zero-order valence-corrected chi connectivity index (χ0v) is 12.1. The number of halogens is 2. The van der Waals surface area contributed by atoms with Crippen LogP contribution < -0.4 is 4.74 Å². The molecule has 0 radical (unpaired) electrons. The van der Waals surface area contributed by atoms with Crippen LogP contribution in [0.2, 0.25) is 0 Å². The van der Waals surface area contributed by atoms with Gasteiger partial charge in [0.1, 0.15) is 0 Å². The summed E-state index contributed by atoms with van der Waals surface area (Å²) in [5.41, 5.74) is 2.37. The standard InChI is InChI=1S/C13H18F2N4O/c1-5-20-12-9(3)8(2)11-17-16-10(19(11)18-12)6-7-13(4,14)15/h5-7H2,1-4H3. The Morgan fingerprint density at radius 1 is 1.20 bits per heavy atom. The van der Waals surface area contributed by atoms with E-state index in [0.717, 1.165) is 18.1 Å². The zero-order valence-electron chi connectivity index (χ0n) is 12.1. The van der Waals surface area contributed by atoms with Gasteiger partial charge in [0.15, 0.2) is 11.5 Å². The van der Waals surface area contributed by atoms with Crippen LogP contribution in [0.3, 0.4) is 0 Å². The second-order valence-corrected chi connectivity index (χ2v) is 4.91. The van der Waals surface area contributed by atoms with Crippen LogP contribution in [-0.4, -0.2) is 32.3 Å². The molecule has 0 aliphatic carbocycles. The molecule has 2 rings (SSSR count). The minimum absolute atomic E-state index is 0.117. The van der Waals surface area contributed by atoms with Crippen LogP contribution in [-0.2, 0) is 6.42 Å². The van der Waals surface area contributed by atoms with Gasteiger partial charge >= 0.3 is 0 Å². The number of aromatic nitrogens is 4. The molecule has 0 atom stereocenters. The molecule has 0 amide bonds. The van der Waals surface area contributed by atoms with Gasteiger partial charge in [-0.15, -0.1) is 15.3 Å². The molecule has 7 heteroatoms. The average molecular weight is 284 g/mol. The number of hydrogen-bond donors (Lipinski definition) is 0. The van der Waals surface area contributed by atoms with Crippen LogP contribution >= 0.6 is 0 Å². The predicted octanol–water partition coefficient (Wildman–Crippen LogP) is 2.73. The van der Waals surface area contributed by atoms with Crippen LogP contribution in [0.25, 0.3) is 5.65 Å². The van der Waals surface area contributed by atoms with Crippen molar-refractivity contribution in [3.8, 4) is 5.88 Å². The van der Waals surface area contributed by atoms with Gasteiger partial charge in [-0.25, -0.2) is 8.78 Å². The molecule has 20 heavy (non-hydrogen) atoms. The molecule has 2 aromatic rings. The lowest BCUT2D eigenvalue weighted by Gasteiger charge is -2.11. The Balaban J connectivity index is 2.43. The van der Waals surface area contributed by atoms with E-state index in [-0.39, 0.29) is 12.8 Å². The molecule has 0 aliphatic heterocycles. The first-order valence-electron chi connectivity index (χ1n) is 6.55. The number of aryl methyl sites for hydroxylation is 2. The van der Waals surface area contributed by atoms with Gasteiger partial charge in [0.25, 0.3) is 0 Å². The maximum atomic E-state index is 13.0. The maximum absolute atomic E-state index is 13.0. The van der Waals surface area contributed by atoms with Gasteiger partial charge in [0.05, 0.1) is 6.61 Å².